The highest BCUT2D eigenvalue weighted by molar-refractivity contribution is 5.25. The summed E-state index contributed by atoms with van der Waals surface area (Å²) >= 11 is 0. The van der Waals surface area contributed by atoms with Gasteiger partial charge in [0.05, 0.1) is 31.3 Å². The second-order valence-corrected chi connectivity index (χ2v) is 4.65. The molecule has 0 aliphatic heterocycles. The van der Waals surface area contributed by atoms with E-state index >= 15 is 0 Å². The molecule has 0 saturated heterocycles. The van der Waals surface area contributed by atoms with E-state index in [4.69, 9.17) is 16.3 Å². The van der Waals surface area contributed by atoms with Crippen LogP contribution in [0.25, 0.3) is 0 Å². The molecule has 4 nitrogen and oxygen atoms in total. The van der Waals surface area contributed by atoms with E-state index in [0.29, 0.717) is 0 Å². The number of nitriles is 2. The number of rotatable bonds is 6. The number of benzene rings is 1. The first-order chi connectivity index (χ1) is 9.13. The summed E-state index contributed by atoms with van der Waals surface area (Å²) in [6.07, 6.45) is 0.798. The van der Waals surface area contributed by atoms with E-state index in [1.54, 1.807) is 0 Å². The predicted molar refractivity (Wildman–Crippen MR) is 75.0 cm³/mol. The number of nitrogens with zero attached hydrogens (tertiary/aromatic N) is 3. The van der Waals surface area contributed by atoms with Gasteiger partial charge in [0.15, 0.2) is 0 Å². The third-order valence-corrected chi connectivity index (χ3v) is 3.24. The SMILES string of the molecule is CCC(N)C(c1ccc(C)cc1)N(CC#N)CC#N. The van der Waals surface area contributed by atoms with Gasteiger partial charge in [-0.25, -0.2) is 0 Å². The zero-order valence-electron chi connectivity index (χ0n) is 11.5. The van der Waals surface area contributed by atoms with Crippen molar-refractivity contribution in [3.63, 3.8) is 0 Å². The third kappa shape index (κ3) is 4.06. The first kappa shape index (κ1) is 15.2. The Morgan fingerprint density at radius 3 is 2.11 bits per heavy atom. The maximum absolute atomic E-state index is 8.92. The first-order valence-electron chi connectivity index (χ1n) is 6.44. The van der Waals surface area contributed by atoms with Crippen LogP contribution in [-0.4, -0.2) is 24.0 Å². The van der Waals surface area contributed by atoms with E-state index in [0.717, 1.165) is 12.0 Å². The maximum Gasteiger partial charge on any atom is 0.0879 e. The second kappa shape index (κ2) is 7.53. The Kier molecular flexibility index (Phi) is 6.02. The van der Waals surface area contributed by atoms with Gasteiger partial charge in [-0.05, 0) is 18.9 Å². The average molecular weight is 256 g/mol. The Hall–Kier alpha value is -1.88. The van der Waals surface area contributed by atoms with E-state index in [2.05, 4.69) is 12.1 Å². The van der Waals surface area contributed by atoms with Crippen molar-refractivity contribution in [2.75, 3.05) is 13.1 Å². The zero-order valence-corrected chi connectivity index (χ0v) is 11.5. The molecule has 2 N–H and O–H groups in total. The van der Waals surface area contributed by atoms with Gasteiger partial charge in [-0.15, -0.1) is 0 Å². The molecule has 0 heterocycles. The molecule has 0 spiro atoms. The predicted octanol–water partition coefficient (Wildman–Crippen LogP) is 2.12. The van der Waals surface area contributed by atoms with Crippen molar-refractivity contribution in [3.05, 3.63) is 35.4 Å². The lowest BCUT2D eigenvalue weighted by Crippen LogP contribution is -2.41. The average Bonchev–Trinajstić information content (AvgIpc) is 2.41. The Balaban J connectivity index is 3.09. The van der Waals surface area contributed by atoms with Crippen LogP contribution in [0.2, 0.25) is 0 Å². The fourth-order valence-corrected chi connectivity index (χ4v) is 2.15. The van der Waals surface area contributed by atoms with Crippen molar-refractivity contribution in [2.24, 2.45) is 5.73 Å². The number of nitrogens with two attached hydrogens (primary N) is 1. The van der Waals surface area contributed by atoms with Crippen LogP contribution in [0.3, 0.4) is 0 Å². The largest absolute Gasteiger partial charge is 0.326 e. The minimum atomic E-state index is -0.0931. The summed E-state index contributed by atoms with van der Waals surface area (Å²) in [6, 6.07) is 12.1. The molecule has 0 saturated carbocycles. The molecule has 0 bridgehead atoms. The molecule has 0 amide bonds. The summed E-state index contributed by atoms with van der Waals surface area (Å²) in [7, 11) is 0. The van der Waals surface area contributed by atoms with Crippen LogP contribution in [0.4, 0.5) is 0 Å². The summed E-state index contributed by atoms with van der Waals surface area (Å²) in [5.74, 6) is 0. The van der Waals surface area contributed by atoms with Crippen LogP contribution in [0, 0.1) is 29.6 Å². The molecule has 0 aromatic heterocycles. The Morgan fingerprint density at radius 2 is 1.68 bits per heavy atom. The van der Waals surface area contributed by atoms with Crippen LogP contribution in [-0.2, 0) is 0 Å². The minimum absolute atomic E-state index is 0.0927. The molecule has 1 aromatic carbocycles. The lowest BCUT2D eigenvalue weighted by molar-refractivity contribution is 0.212. The van der Waals surface area contributed by atoms with E-state index < -0.39 is 0 Å². The molecular formula is C15H20N4. The van der Waals surface area contributed by atoms with E-state index in [-0.39, 0.29) is 25.2 Å². The van der Waals surface area contributed by atoms with E-state index in [9.17, 15) is 0 Å². The van der Waals surface area contributed by atoms with Crippen molar-refractivity contribution in [3.8, 4) is 12.1 Å². The highest BCUT2D eigenvalue weighted by atomic mass is 15.2. The molecule has 0 aliphatic rings. The smallest absolute Gasteiger partial charge is 0.0879 e. The molecule has 4 heteroatoms. The van der Waals surface area contributed by atoms with Crippen LogP contribution in [0.5, 0.6) is 0 Å². The van der Waals surface area contributed by atoms with E-state index in [1.807, 2.05) is 43.0 Å². The molecule has 1 aromatic rings. The summed E-state index contributed by atoms with van der Waals surface area (Å²) < 4.78 is 0. The summed E-state index contributed by atoms with van der Waals surface area (Å²) in [5, 5.41) is 17.8. The second-order valence-electron chi connectivity index (χ2n) is 4.65. The van der Waals surface area contributed by atoms with Gasteiger partial charge in [0.2, 0.25) is 0 Å². The van der Waals surface area contributed by atoms with Gasteiger partial charge in [-0.2, -0.15) is 10.5 Å². The number of hydrogen-bond donors (Lipinski definition) is 1. The van der Waals surface area contributed by atoms with Gasteiger partial charge in [0, 0.05) is 6.04 Å². The Morgan fingerprint density at radius 1 is 1.16 bits per heavy atom. The normalized spacial score (nSPS) is 13.6. The highest BCUT2D eigenvalue weighted by Crippen LogP contribution is 2.25. The van der Waals surface area contributed by atoms with Gasteiger partial charge >= 0.3 is 0 Å². The first-order valence-corrected chi connectivity index (χ1v) is 6.44. The van der Waals surface area contributed by atoms with Crippen LogP contribution in [0.1, 0.15) is 30.5 Å². The molecule has 100 valence electrons. The third-order valence-electron chi connectivity index (χ3n) is 3.24. The van der Waals surface area contributed by atoms with Crippen molar-refractivity contribution >= 4 is 0 Å². The molecule has 1 rings (SSSR count). The molecule has 0 radical (unpaired) electrons. The molecule has 19 heavy (non-hydrogen) atoms. The molecule has 2 atom stereocenters. The van der Waals surface area contributed by atoms with E-state index in [1.165, 1.54) is 5.56 Å². The maximum atomic E-state index is 8.92. The fraction of sp³-hybridized carbons (Fsp3) is 0.467. The number of aryl methyl sites for hydroxylation is 1. The summed E-state index contributed by atoms with van der Waals surface area (Å²) in [4.78, 5) is 1.83. The molecule has 2 unspecified atom stereocenters. The van der Waals surface area contributed by atoms with Gasteiger partial charge in [0.25, 0.3) is 0 Å². The summed E-state index contributed by atoms with van der Waals surface area (Å²) in [6.45, 7) is 4.46. The van der Waals surface area contributed by atoms with Crippen LogP contribution >= 0.6 is 0 Å². The topological polar surface area (TPSA) is 76.8 Å². The summed E-state index contributed by atoms with van der Waals surface area (Å²) in [5.41, 5.74) is 8.43. The van der Waals surface area contributed by atoms with Crippen molar-refractivity contribution in [1.29, 1.82) is 10.5 Å². The van der Waals surface area contributed by atoms with Crippen LogP contribution in [0.15, 0.2) is 24.3 Å². The zero-order chi connectivity index (χ0) is 14.3. The fourth-order valence-electron chi connectivity index (χ4n) is 2.15. The highest BCUT2D eigenvalue weighted by Gasteiger charge is 2.25. The van der Waals surface area contributed by atoms with Crippen molar-refractivity contribution in [1.82, 2.24) is 4.90 Å². The van der Waals surface area contributed by atoms with Gasteiger partial charge < -0.3 is 5.73 Å². The molecule has 0 fully saturated rings. The van der Waals surface area contributed by atoms with Crippen LogP contribution < -0.4 is 5.73 Å². The molecular weight excluding hydrogens is 236 g/mol. The monoisotopic (exact) mass is 256 g/mol. The van der Waals surface area contributed by atoms with Gasteiger partial charge in [-0.3, -0.25) is 4.90 Å². The van der Waals surface area contributed by atoms with Crippen molar-refractivity contribution < 1.29 is 0 Å². The van der Waals surface area contributed by atoms with Crippen molar-refractivity contribution in [2.45, 2.75) is 32.4 Å². The Labute approximate surface area is 115 Å². The lowest BCUT2D eigenvalue weighted by atomic mass is 9.95. The Bertz CT molecular complexity index is 450. The standard InChI is InChI=1S/C15H20N4/c1-3-14(18)15(19(10-8-16)11-9-17)13-6-4-12(2)5-7-13/h4-7,14-15H,3,10-11,18H2,1-2H3. The van der Waals surface area contributed by atoms with Gasteiger partial charge in [0.1, 0.15) is 0 Å². The minimum Gasteiger partial charge on any atom is -0.326 e. The molecule has 0 aliphatic carbocycles. The van der Waals surface area contributed by atoms with Gasteiger partial charge in [-0.1, -0.05) is 36.8 Å². The number of hydrogen-bond acceptors (Lipinski definition) is 4. The quantitative estimate of drug-likeness (QED) is 0.791. The lowest BCUT2D eigenvalue weighted by Gasteiger charge is -2.32.